The highest BCUT2D eigenvalue weighted by molar-refractivity contribution is 6.10. The van der Waals surface area contributed by atoms with Gasteiger partial charge in [0.25, 0.3) is 0 Å². The number of anilines is 1. The Morgan fingerprint density at radius 3 is 2.55 bits per heavy atom. The molecule has 1 aliphatic heterocycles. The van der Waals surface area contributed by atoms with Crippen LogP contribution in [0.15, 0.2) is 96.2 Å². The maximum atomic E-state index is 6.77. The van der Waals surface area contributed by atoms with Crippen LogP contribution >= 0.6 is 0 Å². The topological polar surface area (TPSA) is 113 Å². The zero-order valence-corrected chi connectivity index (χ0v) is 23.6. The summed E-state index contributed by atoms with van der Waals surface area (Å²) in [7, 11) is 1.66. The Morgan fingerprint density at radius 1 is 0.976 bits per heavy atom. The molecule has 0 amide bonds. The average molecular weight is 559 g/mol. The van der Waals surface area contributed by atoms with Gasteiger partial charge in [0, 0.05) is 30.1 Å². The molecule has 3 heterocycles. The van der Waals surface area contributed by atoms with Crippen LogP contribution in [0.1, 0.15) is 36.0 Å². The summed E-state index contributed by atoms with van der Waals surface area (Å²) in [4.78, 5) is 9.43. The number of aromatic nitrogens is 2. The Morgan fingerprint density at radius 2 is 1.79 bits per heavy atom. The van der Waals surface area contributed by atoms with Crippen molar-refractivity contribution in [2.24, 2.45) is 22.4 Å². The van der Waals surface area contributed by atoms with Gasteiger partial charge in [0.2, 0.25) is 0 Å². The van der Waals surface area contributed by atoms with E-state index in [9.17, 15) is 0 Å². The quantitative estimate of drug-likeness (QED) is 0.208. The number of hydrogen-bond donors (Lipinski definition) is 3. The van der Waals surface area contributed by atoms with Crippen molar-refractivity contribution in [2.75, 3.05) is 12.4 Å². The predicted molar refractivity (Wildman–Crippen MR) is 167 cm³/mol. The number of nitrogens with one attached hydrogen (secondary N) is 1. The summed E-state index contributed by atoms with van der Waals surface area (Å²) in [6.07, 6.45) is 7.06. The van der Waals surface area contributed by atoms with Crippen LogP contribution < -0.4 is 26.3 Å². The monoisotopic (exact) mass is 558 g/mol. The lowest BCUT2D eigenvalue weighted by Crippen LogP contribution is -2.51. The largest absolute Gasteiger partial charge is 0.497 e. The Kier molecular flexibility index (Phi) is 6.55. The predicted octanol–water partition coefficient (Wildman–Crippen LogP) is 5.88. The summed E-state index contributed by atoms with van der Waals surface area (Å²) in [5, 5.41) is 4.55. The van der Waals surface area contributed by atoms with Gasteiger partial charge in [-0.25, -0.2) is 4.99 Å². The average Bonchev–Trinajstić information content (AvgIpc) is 3.74. The standard InChI is InChI=1S/C34H34N6O2/c1-41-27-12-9-24(10-13-27)21-42-28-16-26-15-25(11-14-30(26)37-18-28)29-20-40(19-23-5-3-2-4-6-23)33-31(29)32(35)38-34(36,39-33)17-22-7-8-22/h2-6,9-16,18,20,22,39H,7-8,17,19,21,36H2,1H3,(H2,35,38). The molecule has 8 heteroatoms. The van der Waals surface area contributed by atoms with E-state index in [0.717, 1.165) is 51.1 Å². The van der Waals surface area contributed by atoms with Crippen molar-refractivity contribution in [3.8, 4) is 22.6 Å². The van der Waals surface area contributed by atoms with Crippen molar-refractivity contribution < 1.29 is 9.47 Å². The van der Waals surface area contributed by atoms with E-state index in [4.69, 9.17) is 25.9 Å². The molecule has 2 aliphatic rings. The number of ether oxygens (including phenoxy) is 2. The first-order valence-corrected chi connectivity index (χ1v) is 14.3. The molecule has 0 spiro atoms. The van der Waals surface area contributed by atoms with Crippen LogP contribution in [-0.4, -0.2) is 28.3 Å². The molecule has 8 nitrogen and oxygen atoms in total. The molecule has 0 bridgehead atoms. The van der Waals surface area contributed by atoms with E-state index in [0.29, 0.717) is 30.7 Å². The van der Waals surface area contributed by atoms with E-state index in [1.807, 2.05) is 42.5 Å². The van der Waals surface area contributed by atoms with E-state index >= 15 is 0 Å². The van der Waals surface area contributed by atoms with E-state index in [1.165, 1.54) is 18.4 Å². The highest BCUT2D eigenvalue weighted by atomic mass is 16.5. The van der Waals surface area contributed by atoms with Crippen molar-refractivity contribution >= 4 is 22.6 Å². The molecule has 0 radical (unpaired) electrons. The van der Waals surface area contributed by atoms with Gasteiger partial charge in [-0.2, -0.15) is 0 Å². The number of nitrogens with zero attached hydrogens (tertiary/aromatic N) is 3. The summed E-state index contributed by atoms with van der Waals surface area (Å²) in [6.45, 7) is 1.12. The lowest BCUT2D eigenvalue weighted by Gasteiger charge is -2.33. The highest BCUT2D eigenvalue weighted by Gasteiger charge is 2.39. The minimum absolute atomic E-state index is 0.438. The summed E-state index contributed by atoms with van der Waals surface area (Å²) in [5.74, 6) is 2.56. The van der Waals surface area contributed by atoms with Gasteiger partial charge in [0.05, 0.1) is 24.4 Å². The van der Waals surface area contributed by atoms with Crippen LogP contribution in [0.5, 0.6) is 11.5 Å². The van der Waals surface area contributed by atoms with Crippen molar-refractivity contribution in [3.05, 3.63) is 108 Å². The molecular weight excluding hydrogens is 524 g/mol. The minimum atomic E-state index is -0.911. The number of methoxy groups -OCH3 is 1. The summed E-state index contributed by atoms with van der Waals surface area (Å²) in [6, 6.07) is 26.5. The first kappa shape index (κ1) is 26.1. The van der Waals surface area contributed by atoms with Gasteiger partial charge in [-0.3, -0.25) is 10.7 Å². The fourth-order valence-corrected chi connectivity index (χ4v) is 5.68. The van der Waals surface area contributed by atoms with Crippen molar-refractivity contribution in [2.45, 2.75) is 38.2 Å². The van der Waals surface area contributed by atoms with E-state index < -0.39 is 5.79 Å². The van der Waals surface area contributed by atoms with Crippen LogP contribution in [0.25, 0.3) is 22.0 Å². The van der Waals surface area contributed by atoms with Crippen LogP contribution in [0.3, 0.4) is 0 Å². The normalized spacial score (nSPS) is 17.8. The maximum absolute atomic E-state index is 6.77. The molecule has 1 aliphatic carbocycles. The molecule has 5 N–H and O–H groups in total. The molecule has 1 atom stereocenters. The molecule has 1 fully saturated rings. The molecule has 1 saturated carbocycles. The lowest BCUT2D eigenvalue weighted by molar-refractivity contribution is 0.305. The fourth-order valence-electron chi connectivity index (χ4n) is 5.68. The zero-order chi connectivity index (χ0) is 28.7. The van der Waals surface area contributed by atoms with Crippen LogP contribution in [-0.2, 0) is 13.2 Å². The van der Waals surface area contributed by atoms with Crippen LogP contribution in [0.4, 0.5) is 5.82 Å². The summed E-state index contributed by atoms with van der Waals surface area (Å²) in [5.41, 5.74) is 19.5. The third kappa shape index (κ3) is 5.29. The zero-order valence-electron chi connectivity index (χ0n) is 23.6. The number of amidine groups is 1. The third-order valence-corrected chi connectivity index (χ3v) is 8.01. The SMILES string of the molecule is COc1ccc(COc2cnc3ccc(-c4cn(Cc5ccccc5)c5c4C(N)=NC(N)(CC4CC4)N5)cc3c2)cc1. The molecule has 42 heavy (non-hydrogen) atoms. The van der Waals surface area contributed by atoms with E-state index in [2.05, 4.69) is 57.5 Å². The molecule has 5 aromatic rings. The first-order chi connectivity index (χ1) is 20.5. The Balaban J connectivity index is 1.23. The van der Waals surface area contributed by atoms with Gasteiger partial charge in [-0.05, 0) is 65.8 Å². The van der Waals surface area contributed by atoms with Crippen molar-refractivity contribution in [1.82, 2.24) is 9.55 Å². The smallest absolute Gasteiger partial charge is 0.185 e. The van der Waals surface area contributed by atoms with Gasteiger partial charge >= 0.3 is 0 Å². The Hall–Kier alpha value is -4.82. The number of pyridine rings is 1. The number of nitrogens with two attached hydrogens (primary N) is 2. The van der Waals surface area contributed by atoms with E-state index in [1.54, 1.807) is 13.3 Å². The molecular formula is C34H34N6O2. The van der Waals surface area contributed by atoms with Crippen molar-refractivity contribution in [3.63, 3.8) is 0 Å². The molecule has 0 saturated heterocycles. The van der Waals surface area contributed by atoms with Gasteiger partial charge in [0.15, 0.2) is 5.79 Å². The lowest BCUT2D eigenvalue weighted by atomic mass is 9.99. The van der Waals surface area contributed by atoms with Gasteiger partial charge in [-0.1, -0.05) is 48.5 Å². The molecule has 7 rings (SSSR count). The summed E-state index contributed by atoms with van der Waals surface area (Å²) >= 11 is 0. The number of rotatable bonds is 9. The minimum Gasteiger partial charge on any atom is -0.497 e. The number of hydrogen-bond acceptors (Lipinski definition) is 7. The Labute approximate surface area is 245 Å². The van der Waals surface area contributed by atoms with Gasteiger partial charge in [0.1, 0.15) is 29.8 Å². The molecule has 212 valence electrons. The van der Waals surface area contributed by atoms with Crippen LogP contribution in [0.2, 0.25) is 0 Å². The third-order valence-electron chi connectivity index (χ3n) is 8.01. The van der Waals surface area contributed by atoms with E-state index in [-0.39, 0.29) is 0 Å². The van der Waals surface area contributed by atoms with Gasteiger partial charge < -0.3 is 25.1 Å². The number of fused-ring (bicyclic) bond motifs is 2. The second-order valence-corrected chi connectivity index (χ2v) is 11.3. The first-order valence-electron chi connectivity index (χ1n) is 14.3. The van der Waals surface area contributed by atoms with Crippen LogP contribution in [0, 0.1) is 5.92 Å². The number of aliphatic imine (C=N–C) groups is 1. The second-order valence-electron chi connectivity index (χ2n) is 11.3. The fraction of sp³-hybridized carbons (Fsp3) is 0.235. The molecule has 2 aromatic heterocycles. The molecule has 3 aromatic carbocycles. The summed E-state index contributed by atoms with van der Waals surface area (Å²) < 4.78 is 13.5. The highest BCUT2D eigenvalue weighted by Crippen LogP contribution is 2.41. The van der Waals surface area contributed by atoms with Crippen molar-refractivity contribution in [1.29, 1.82) is 0 Å². The maximum Gasteiger partial charge on any atom is 0.185 e. The second kappa shape index (κ2) is 10.5. The van der Waals surface area contributed by atoms with Gasteiger partial charge in [-0.15, -0.1) is 0 Å². The molecule has 1 unspecified atom stereocenters. The number of benzene rings is 3. The Bertz CT molecular complexity index is 1780.